The molecule has 0 spiro atoms. The Morgan fingerprint density at radius 3 is 2.24 bits per heavy atom. The highest BCUT2D eigenvalue weighted by Crippen LogP contribution is 2.61. The molecule has 0 bridgehead atoms. The van der Waals surface area contributed by atoms with Crippen LogP contribution in [0.3, 0.4) is 0 Å². The molecule has 71 heavy (non-hydrogen) atoms. The molecule has 7 amide bonds. The molecule has 4 aliphatic rings. The summed E-state index contributed by atoms with van der Waals surface area (Å²) in [5, 5.41) is 15.8. The predicted molar refractivity (Wildman–Crippen MR) is 248 cm³/mol. The van der Waals surface area contributed by atoms with Crippen molar-refractivity contribution in [3.63, 3.8) is 0 Å². The molecular weight excluding hydrogens is 964 g/mol. The van der Waals surface area contributed by atoms with Crippen LogP contribution in [0.25, 0.3) is 11.1 Å². The Morgan fingerprint density at radius 1 is 1.00 bits per heavy atom. The number of nitrogens with one attached hydrogen (secondary N) is 4. The van der Waals surface area contributed by atoms with Crippen molar-refractivity contribution in [2.75, 3.05) is 27.2 Å². The van der Waals surface area contributed by atoms with Gasteiger partial charge in [-0.05, 0) is 94.4 Å². The summed E-state index contributed by atoms with van der Waals surface area (Å²) in [5.41, 5.74) is -2.28. The molecule has 2 saturated heterocycles. The number of hydrogen-bond donors (Lipinski definition) is 4. The standard InChI is InChI=1S/C48H64ClF6N9O7/c1-25(2)17-33-41(68)63(8)35(19-28-18-29(49)14-15-31(28)32-22-61(6)60-26(32)3)40(67)59-45(4,5)43(70)56-16-10-9-11-34(38(65)57-33)62(7)42(69)37(27-12-13-27)58-39(66)36-20-30(50)21-64(36)44(71)46(48(53,54)55)23-47(51,52)24-46/h14-15,18,22,25,27,30,33-37H,9-13,16-17,19-21,23-24H2,1-8H3,(H,56,70)(H,57,65)(H,58,66)(H,59,67)/t30-,33+,34+,35+,36+,37+/m1/s1. The zero-order chi connectivity index (χ0) is 52.7. The highest BCUT2D eigenvalue weighted by molar-refractivity contribution is 6.30. The first-order valence-corrected chi connectivity index (χ1v) is 24.3. The summed E-state index contributed by atoms with van der Waals surface area (Å²) in [6.07, 6.45) is -8.69. The maximum atomic E-state index is 14.9. The second kappa shape index (κ2) is 21.0. The molecule has 23 heteroatoms. The predicted octanol–water partition coefficient (Wildman–Crippen LogP) is 4.78. The first-order valence-electron chi connectivity index (χ1n) is 23.9. The van der Waals surface area contributed by atoms with Crippen LogP contribution in [-0.4, -0.2) is 147 Å². The summed E-state index contributed by atoms with van der Waals surface area (Å²) in [4.78, 5) is 102. The van der Waals surface area contributed by atoms with Crippen molar-refractivity contribution < 1.29 is 59.9 Å². The number of alkyl halides is 6. The molecule has 2 aliphatic carbocycles. The quantitative estimate of drug-likeness (QED) is 0.231. The molecule has 1 aromatic heterocycles. The highest BCUT2D eigenvalue weighted by Gasteiger charge is 2.75. The van der Waals surface area contributed by atoms with Crippen molar-refractivity contribution >= 4 is 53.0 Å². The van der Waals surface area contributed by atoms with Crippen molar-refractivity contribution in [1.29, 1.82) is 0 Å². The average Bonchev–Trinajstić information content (AvgIpc) is 3.94. The monoisotopic (exact) mass is 1030 g/mol. The van der Waals surface area contributed by atoms with E-state index >= 15 is 0 Å². The van der Waals surface area contributed by atoms with E-state index in [9.17, 15) is 59.9 Å². The summed E-state index contributed by atoms with van der Waals surface area (Å²) >= 11 is 6.53. The minimum absolute atomic E-state index is 0.0135. The fourth-order valence-electron chi connectivity index (χ4n) is 9.94. The topological polar surface area (TPSA) is 195 Å². The summed E-state index contributed by atoms with van der Waals surface area (Å²) in [6.45, 7) is 7.65. The number of hydrogen-bond acceptors (Lipinski definition) is 8. The zero-order valence-electron chi connectivity index (χ0n) is 41.2. The lowest BCUT2D eigenvalue weighted by atomic mass is 9.64. The molecule has 16 nitrogen and oxygen atoms in total. The lowest BCUT2D eigenvalue weighted by Gasteiger charge is -2.48. The van der Waals surface area contributed by atoms with Crippen LogP contribution in [0.4, 0.5) is 26.3 Å². The molecule has 0 unspecified atom stereocenters. The first-order chi connectivity index (χ1) is 33.0. The second-order valence-corrected chi connectivity index (χ2v) is 21.1. The summed E-state index contributed by atoms with van der Waals surface area (Å²) < 4.78 is 87.1. The Morgan fingerprint density at radius 2 is 1.66 bits per heavy atom. The summed E-state index contributed by atoms with van der Waals surface area (Å²) in [6, 6.07) is -1.95. The minimum Gasteiger partial charge on any atom is -0.354 e. The minimum atomic E-state index is -5.42. The zero-order valence-corrected chi connectivity index (χ0v) is 41.9. The van der Waals surface area contributed by atoms with E-state index < -0.39 is 133 Å². The molecular formula is C48H64ClF6N9O7. The van der Waals surface area contributed by atoms with Gasteiger partial charge in [0.05, 0.1) is 12.2 Å². The number of rotatable bonds is 11. The fraction of sp³-hybridized carbons (Fsp3) is 0.667. The molecule has 3 heterocycles. The number of amides is 7. The molecule has 4 fully saturated rings. The van der Waals surface area contributed by atoms with Gasteiger partial charge in [0.2, 0.25) is 41.4 Å². The van der Waals surface area contributed by atoms with Crippen LogP contribution in [0.2, 0.25) is 5.02 Å². The Labute approximate surface area is 413 Å². The van der Waals surface area contributed by atoms with Gasteiger partial charge in [0, 0.05) is 70.2 Å². The molecule has 392 valence electrons. The normalized spacial score (nSPS) is 25.7. The number of benzene rings is 1. The van der Waals surface area contributed by atoms with Crippen molar-refractivity contribution in [2.45, 2.75) is 153 Å². The maximum Gasteiger partial charge on any atom is 0.403 e. The lowest BCUT2D eigenvalue weighted by Crippen LogP contribution is -2.65. The van der Waals surface area contributed by atoms with Crippen molar-refractivity contribution in [2.24, 2.45) is 24.3 Å². The molecule has 1 aromatic carbocycles. The maximum absolute atomic E-state index is 14.9. The number of carbonyl (C=O) groups excluding carboxylic acids is 7. The number of halogens is 7. The lowest BCUT2D eigenvalue weighted by molar-refractivity contribution is -0.299. The van der Waals surface area contributed by atoms with Crippen LogP contribution in [-0.2, 0) is 47.0 Å². The van der Waals surface area contributed by atoms with Gasteiger partial charge < -0.3 is 36.0 Å². The van der Waals surface area contributed by atoms with Gasteiger partial charge in [-0.25, -0.2) is 13.2 Å². The van der Waals surface area contributed by atoms with Gasteiger partial charge in [-0.15, -0.1) is 0 Å². The van der Waals surface area contributed by atoms with E-state index in [-0.39, 0.29) is 44.6 Å². The Hall–Kier alpha value is -5.41. The molecule has 0 radical (unpaired) electrons. The summed E-state index contributed by atoms with van der Waals surface area (Å²) in [5.74, 6) is -11.0. The third-order valence-electron chi connectivity index (χ3n) is 14.1. The van der Waals surface area contributed by atoms with E-state index in [0.29, 0.717) is 39.6 Å². The Bertz CT molecular complexity index is 2390. The third-order valence-corrected chi connectivity index (χ3v) is 14.3. The Balaban J connectivity index is 1.28. The summed E-state index contributed by atoms with van der Waals surface area (Å²) in [7, 11) is 4.48. The molecule has 2 saturated carbocycles. The highest BCUT2D eigenvalue weighted by atomic mass is 35.5. The van der Waals surface area contributed by atoms with E-state index in [0.717, 1.165) is 10.5 Å². The largest absolute Gasteiger partial charge is 0.403 e. The molecule has 2 aromatic rings. The van der Waals surface area contributed by atoms with Crippen molar-refractivity contribution in [1.82, 2.24) is 45.7 Å². The van der Waals surface area contributed by atoms with Gasteiger partial charge in [0.15, 0.2) is 5.41 Å². The van der Waals surface area contributed by atoms with Crippen molar-refractivity contribution in [3.05, 3.63) is 40.7 Å². The van der Waals surface area contributed by atoms with Crippen LogP contribution in [0, 0.1) is 24.2 Å². The number of carbonyl (C=O) groups is 7. The van der Waals surface area contributed by atoms with Gasteiger partial charge in [-0.3, -0.25) is 38.2 Å². The van der Waals surface area contributed by atoms with Gasteiger partial charge in [-0.2, -0.15) is 18.3 Å². The van der Waals surface area contributed by atoms with Gasteiger partial charge >= 0.3 is 6.18 Å². The van der Waals surface area contributed by atoms with E-state index in [1.165, 1.54) is 32.8 Å². The first kappa shape index (κ1) is 54.9. The molecule has 2 aliphatic heterocycles. The van der Waals surface area contributed by atoms with Crippen LogP contribution in [0.15, 0.2) is 24.4 Å². The van der Waals surface area contributed by atoms with E-state index in [4.69, 9.17) is 11.6 Å². The molecule has 6 rings (SSSR count). The Kier molecular flexibility index (Phi) is 16.2. The average molecular weight is 1030 g/mol. The van der Waals surface area contributed by atoms with Crippen LogP contribution >= 0.6 is 11.6 Å². The molecule has 6 atom stereocenters. The fourth-order valence-corrected chi connectivity index (χ4v) is 10.1. The van der Waals surface area contributed by atoms with Crippen LogP contribution in [0.1, 0.15) is 96.7 Å². The number of nitrogens with zero attached hydrogens (tertiary/aromatic N) is 5. The third kappa shape index (κ3) is 12.1. The number of likely N-dealkylation sites (tertiary alicyclic amines) is 1. The van der Waals surface area contributed by atoms with Gasteiger partial charge in [0.25, 0.3) is 5.92 Å². The smallest absolute Gasteiger partial charge is 0.354 e. The number of aromatic nitrogens is 2. The van der Waals surface area contributed by atoms with E-state index in [1.807, 2.05) is 27.0 Å². The van der Waals surface area contributed by atoms with Crippen molar-refractivity contribution in [3.8, 4) is 11.1 Å². The molecule has 4 N–H and O–H groups in total. The van der Waals surface area contributed by atoms with E-state index in [1.54, 1.807) is 29.9 Å². The SMILES string of the molecule is Cc1nn(C)cc1-c1ccc(Cl)cc1C[C@H]1C(=O)NC(C)(C)C(=O)NCCCC[C@H](N(C)C(=O)[C@@H](NC(=O)[C@@H]2C[C@@H](F)CN2C(=O)C2(C(F)(F)F)CC(F)(F)C2)C2CC2)C(=O)N[C@@H](CC(C)C)C(=O)N1C. The number of aryl methyl sites for hydroxylation is 2. The van der Waals surface area contributed by atoms with E-state index in [2.05, 4.69) is 26.4 Å². The van der Waals surface area contributed by atoms with Crippen LogP contribution in [0.5, 0.6) is 0 Å². The van der Waals surface area contributed by atoms with Gasteiger partial charge in [0.1, 0.15) is 41.9 Å². The second-order valence-electron chi connectivity index (χ2n) is 20.7. The van der Waals surface area contributed by atoms with Gasteiger partial charge in [-0.1, -0.05) is 31.5 Å². The number of likely N-dealkylation sites (N-methyl/N-ethyl adjacent to an activating group) is 2. The van der Waals surface area contributed by atoms with Crippen LogP contribution < -0.4 is 21.3 Å².